The van der Waals surface area contributed by atoms with Crippen LogP contribution in [0.2, 0.25) is 0 Å². The van der Waals surface area contributed by atoms with Crippen molar-refractivity contribution < 1.29 is 14.7 Å². The van der Waals surface area contributed by atoms with E-state index in [0.29, 0.717) is 25.1 Å². The molecule has 21 heavy (non-hydrogen) atoms. The number of rotatable bonds is 7. The molecule has 0 aromatic carbocycles. The van der Waals surface area contributed by atoms with Gasteiger partial charge in [0.25, 0.3) is 5.91 Å². The van der Waals surface area contributed by atoms with Gasteiger partial charge in [0.15, 0.2) is 0 Å². The Labute approximate surface area is 126 Å². The van der Waals surface area contributed by atoms with Crippen LogP contribution >= 0.6 is 11.3 Å². The molecular formula is C14H17N3O3S. The molecule has 2 aromatic heterocycles. The van der Waals surface area contributed by atoms with Crippen LogP contribution in [0.4, 0.5) is 0 Å². The van der Waals surface area contributed by atoms with Crippen molar-refractivity contribution in [1.82, 2.24) is 15.3 Å². The Morgan fingerprint density at radius 1 is 1.43 bits per heavy atom. The Bertz CT molecular complexity index is 633. The Morgan fingerprint density at radius 2 is 2.24 bits per heavy atom. The quantitative estimate of drug-likeness (QED) is 0.685. The topological polar surface area (TPSA) is 95.1 Å². The zero-order valence-electron chi connectivity index (χ0n) is 11.7. The second kappa shape index (κ2) is 7.03. The molecule has 0 unspecified atom stereocenters. The van der Waals surface area contributed by atoms with E-state index in [9.17, 15) is 9.59 Å². The molecule has 112 valence electrons. The van der Waals surface area contributed by atoms with Gasteiger partial charge in [-0.2, -0.15) is 0 Å². The van der Waals surface area contributed by atoms with Crippen LogP contribution in [0.25, 0.3) is 11.3 Å². The van der Waals surface area contributed by atoms with Crippen LogP contribution in [0.5, 0.6) is 0 Å². The number of nitrogens with zero attached hydrogens (tertiary/aromatic N) is 1. The first-order valence-corrected chi connectivity index (χ1v) is 7.55. The molecule has 1 amide bonds. The highest BCUT2D eigenvalue weighted by molar-refractivity contribution is 7.09. The number of aromatic amines is 1. The molecule has 7 heteroatoms. The highest BCUT2D eigenvalue weighted by Crippen LogP contribution is 2.22. The molecule has 0 atom stereocenters. The minimum Gasteiger partial charge on any atom is -0.481 e. The summed E-state index contributed by atoms with van der Waals surface area (Å²) >= 11 is 1.57. The van der Waals surface area contributed by atoms with Gasteiger partial charge in [0.05, 0.1) is 10.7 Å². The monoisotopic (exact) mass is 307 g/mol. The molecule has 0 bridgehead atoms. The SMILES string of the molecule is Cc1nc(-c2c[nH]c(C(=O)NCCCCC(=O)O)c2)cs1. The minimum absolute atomic E-state index is 0.131. The van der Waals surface area contributed by atoms with Crippen molar-refractivity contribution in [1.29, 1.82) is 0 Å². The van der Waals surface area contributed by atoms with Gasteiger partial charge in [-0.1, -0.05) is 0 Å². The van der Waals surface area contributed by atoms with Crippen molar-refractivity contribution in [2.24, 2.45) is 0 Å². The molecule has 0 spiro atoms. The van der Waals surface area contributed by atoms with Crippen LogP contribution in [0, 0.1) is 6.92 Å². The number of hydrogen-bond donors (Lipinski definition) is 3. The molecule has 2 rings (SSSR count). The average Bonchev–Trinajstić information content (AvgIpc) is 3.06. The lowest BCUT2D eigenvalue weighted by atomic mass is 10.2. The van der Waals surface area contributed by atoms with E-state index in [2.05, 4.69) is 15.3 Å². The van der Waals surface area contributed by atoms with E-state index in [1.165, 1.54) is 0 Å². The minimum atomic E-state index is -0.811. The predicted molar refractivity (Wildman–Crippen MR) is 80.5 cm³/mol. The van der Waals surface area contributed by atoms with Crippen LogP contribution in [0.1, 0.15) is 34.8 Å². The van der Waals surface area contributed by atoms with Crippen LogP contribution < -0.4 is 5.32 Å². The summed E-state index contributed by atoms with van der Waals surface area (Å²) in [5.74, 6) is -1.00. The van der Waals surface area contributed by atoms with E-state index in [1.54, 1.807) is 23.6 Å². The molecule has 0 radical (unpaired) electrons. The first-order chi connectivity index (χ1) is 10.1. The number of aliphatic carboxylic acids is 1. The second-order valence-corrected chi connectivity index (χ2v) is 5.72. The van der Waals surface area contributed by atoms with Crippen molar-refractivity contribution >= 4 is 23.2 Å². The van der Waals surface area contributed by atoms with E-state index in [0.717, 1.165) is 16.3 Å². The summed E-state index contributed by atoms with van der Waals surface area (Å²) < 4.78 is 0. The number of amides is 1. The normalized spacial score (nSPS) is 10.5. The number of carboxylic acid groups (broad SMARTS) is 1. The molecular weight excluding hydrogens is 290 g/mol. The number of carboxylic acids is 1. The van der Waals surface area contributed by atoms with Gasteiger partial charge >= 0.3 is 5.97 Å². The summed E-state index contributed by atoms with van der Waals surface area (Å²) in [6.45, 7) is 2.40. The molecule has 6 nitrogen and oxygen atoms in total. The number of thiazole rings is 1. The van der Waals surface area contributed by atoms with E-state index in [1.807, 2.05) is 12.3 Å². The summed E-state index contributed by atoms with van der Waals surface area (Å²) in [5.41, 5.74) is 2.22. The molecule has 0 saturated heterocycles. The third-order valence-corrected chi connectivity index (χ3v) is 3.72. The van der Waals surface area contributed by atoms with Gasteiger partial charge in [-0.15, -0.1) is 11.3 Å². The summed E-state index contributed by atoms with van der Waals surface area (Å²) in [5, 5.41) is 14.2. The van der Waals surface area contributed by atoms with Crippen molar-refractivity contribution in [3.05, 3.63) is 28.3 Å². The van der Waals surface area contributed by atoms with Gasteiger partial charge in [0.1, 0.15) is 5.69 Å². The zero-order chi connectivity index (χ0) is 15.2. The van der Waals surface area contributed by atoms with Gasteiger partial charge in [-0.25, -0.2) is 4.98 Å². The number of carbonyl (C=O) groups is 2. The lowest BCUT2D eigenvalue weighted by Gasteiger charge is -2.02. The molecule has 2 aromatic rings. The maximum absolute atomic E-state index is 11.9. The number of aryl methyl sites for hydroxylation is 1. The van der Waals surface area contributed by atoms with E-state index < -0.39 is 5.97 Å². The van der Waals surface area contributed by atoms with Crippen molar-refractivity contribution in [2.45, 2.75) is 26.2 Å². The largest absolute Gasteiger partial charge is 0.481 e. The summed E-state index contributed by atoms with van der Waals surface area (Å²) in [4.78, 5) is 29.6. The van der Waals surface area contributed by atoms with Crippen LogP contribution in [0.15, 0.2) is 17.6 Å². The number of carbonyl (C=O) groups excluding carboxylic acids is 1. The van der Waals surface area contributed by atoms with Gasteiger partial charge in [-0.3, -0.25) is 9.59 Å². The Hall–Kier alpha value is -2.15. The number of aromatic nitrogens is 2. The zero-order valence-corrected chi connectivity index (χ0v) is 12.5. The third-order valence-electron chi connectivity index (χ3n) is 2.95. The first kappa shape index (κ1) is 15.2. The fraction of sp³-hybridized carbons (Fsp3) is 0.357. The standard InChI is InChI=1S/C14H17N3O3S/c1-9-17-12(8-21-9)10-6-11(16-7-10)14(20)15-5-3-2-4-13(18)19/h6-8,16H,2-5H2,1H3,(H,15,20)(H,18,19). The van der Waals surface area contributed by atoms with E-state index in [4.69, 9.17) is 5.11 Å². The summed E-state index contributed by atoms with van der Waals surface area (Å²) in [6.07, 6.45) is 3.10. The fourth-order valence-corrected chi connectivity index (χ4v) is 2.49. The predicted octanol–water partition coefficient (Wildman–Crippen LogP) is 2.43. The van der Waals surface area contributed by atoms with Crippen molar-refractivity contribution in [3.8, 4) is 11.3 Å². The van der Waals surface area contributed by atoms with Gasteiger partial charge in [0, 0.05) is 30.1 Å². The highest BCUT2D eigenvalue weighted by atomic mass is 32.1. The van der Waals surface area contributed by atoms with E-state index in [-0.39, 0.29) is 12.3 Å². The Balaban J connectivity index is 1.83. The molecule has 0 aliphatic rings. The third kappa shape index (κ3) is 4.42. The molecule has 0 aliphatic heterocycles. The van der Waals surface area contributed by atoms with Crippen molar-refractivity contribution in [2.75, 3.05) is 6.54 Å². The summed E-state index contributed by atoms with van der Waals surface area (Å²) in [7, 11) is 0. The Morgan fingerprint density at radius 3 is 2.90 bits per heavy atom. The molecule has 0 aliphatic carbocycles. The maximum Gasteiger partial charge on any atom is 0.303 e. The number of hydrogen-bond acceptors (Lipinski definition) is 4. The molecule has 0 fully saturated rings. The van der Waals surface area contributed by atoms with Gasteiger partial charge in [0.2, 0.25) is 0 Å². The molecule has 0 saturated carbocycles. The second-order valence-electron chi connectivity index (χ2n) is 4.66. The first-order valence-electron chi connectivity index (χ1n) is 6.67. The smallest absolute Gasteiger partial charge is 0.303 e. The van der Waals surface area contributed by atoms with Crippen LogP contribution in [-0.4, -0.2) is 33.5 Å². The summed E-state index contributed by atoms with van der Waals surface area (Å²) in [6, 6.07) is 1.76. The van der Waals surface area contributed by atoms with E-state index >= 15 is 0 Å². The van der Waals surface area contributed by atoms with Crippen LogP contribution in [-0.2, 0) is 4.79 Å². The number of unbranched alkanes of at least 4 members (excludes halogenated alkanes) is 1. The van der Waals surface area contributed by atoms with Crippen LogP contribution in [0.3, 0.4) is 0 Å². The highest BCUT2D eigenvalue weighted by Gasteiger charge is 2.10. The molecule has 3 N–H and O–H groups in total. The van der Waals surface area contributed by atoms with Gasteiger partial charge < -0.3 is 15.4 Å². The lowest BCUT2D eigenvalue weighted by molar-refractivity contribution is -0.137. The van der Waals surface area contributed by atoms with Crippen molar-refractivity contribution in [3.63, 3.8) is 0 Å². The number of H-pyrrole nitrogens is 1. The maximum atomic E-state index is 11.9. The average molecular weight is 307 g/mol. The van der Waals surface area contributed by atoms with Gasteiger partial charge in [-0.05, 0) is 25.8 Å². The molecule has 2 heterocycles. The Kier molecular flexibility index (Phi) is 5.10. The fourth-order valence-electron chi connectivity index (χ4n) is 1.87. The lowest BCUT2D eigenvalue weighted by Crippen LogP contribution is -2.24. The number of nitrogens with one attached hydrogen (secondary N) is 2.